The first kappa shape index (κ1) is 17.3. The number of benzene rings is 2. The van der Waals surface area contributed by atoms with E-state index >= 15 is 0 Å². The Labute approximate surface area is 144 Å². The summed E-state index contributed by atoms with van der Waals surface area (Å²) in [5, 5.41) is 3.24. The maximum Gasteiger partial charge on any atom is 0.340 e. The predicted molar refractivity (Wildman–Crippen MR) is 95.4 cm³/mol. The van der Waals surface area contributed by atoms with Crippen LogP contribution in [0.25, 0.3) is 0 Å². The van der Waals surface area contributed by atoms with Gasteiger partial charge in [-0.3, -0.25) is 0 Å². The Morgan fingerprint density at radius 2 is 1.96 bits per heavy atom. The maximum absolute atomic E-state index is 11.9. The van der Waals surface area contributed by atoms with Crippen LogP contribution in [0.1, 0.15) is 21.5 Å². The number of rotatable bonds is 6. The highest BCUT2D eigenvalue weighted by Gasteiger charge is 2.15. The molecular weight excluding hydrogens is 358 g/mol. The molecule has 0 aliphatic carbocycles. The zero-order valence-electron chi connectivity index (χ0n) is 13.5. The standard InChI is InChI=1S/C18H20BrNO3/c1-12-5-4-6-14(9-12)23-8-7-20-17-15(18(21)22-3)10-13(2)11-16(17)19/h4-6,9-11,20H,7-8H2,1-3H3. The van der Waals surface area contributed by atoms with Crippen LogP contribution in [0.2, 0.25) is 0 Å². The van der Waals surface area contributed by atoms with Crippen molar-refractivity contribution in [1.82, 2.24) is 0 Å². The van der Waals surface area contributed by atoms with Gasteiger partial charge in [-0.15, -0.1) is 0 Å². The minimum atomic E-state index is -0.364. The molecule has 0 bridgehead atoms. The van der Waals surface area contributed by atoms with Crippen molar-refractivity contribution in [1.29, 1.82) is 0 Å². The number of halogens is 1. The van der Waals surface area contributed by atoms with E-state index in [0.717, 1.165) is 27.0 Å². The summed E-state index contributed by atoms with van der Waals surface area (Å²) in [6.45, 7) is 5.02. The van der Waals surface area contributed by atoms with E-state index < -0.39 is 0 Å². The molecule has 2 aromatic rings. The van der Waals surface area contributed by atoms with Crippen molar-refractivity contribution in [3.05, 3.63) is 57.6 Å². The lowest BCUT2D eigenvalue weighted by Crippen LogP contribution is -2.15. The average molecular weight is 378 g/mol. The normalized spacial score (nSPS) is 10.3. The fourth-order valence-corrected chi connectivity index (χ4v) is 2.96. The van der Waals surface area contributed by atoms with Gasteiger partial charge in [0, 0.05) is 11.0 Å². The molecule has 0 radical (unpaired) electrons. The number of esters is 1. The van der Waals surface area contributed by atoms with Gasteiger partial charge in [0.05, 0.1) is 18.4 Å². The van der Waals surface area contributed by atoms with Gasteiger partial charge in [0.2, 0.25) is 0 Å². The van der Waals surface area contributed by atoms with E-state index in [0.29, 0.717) is 18.7 Å². The molecule has 0 fully saturated rings. The highest BCUT2D eigenvalue weighted by molar-refractivity contribution is 9.10. The summed E-state index contributed by atoms with van der Waals surface area (Å²) in [6.07, 6.45) is 0. The Hall–Kier alpha value is -2.01. The van der Waals surface area contributed by atoms with Crippen molar-refractivity contribution in [2.45, 2.75) is 13.8 Å². The van der Waals surface area contributed by atoms with Crippen LogP contribution in [-0.2, 0) is 4.74 Å². The third-order valence-electron chi connectivity index (χ3n) is 3.30. The summed E-state index contributed by atoms with van der Waals surface area (Å²) in [5.41, 5.74) is 3.37. The van der Waals surface area contributed by atoms with E-state index in [2.05, 4.69) is 21.2 Å². The lowest BCUT2D eigenvalue weighted by atomic mass is 10.1. The summed E-state index contributed by atoms with van der Waals surface area (Å²) in [6, 6.07) is 11.7. The summed E-state index contributed by atoms with van der Waals surface area (Å²) in [7, 11) is 1.38. The quantitative estimate of drug-likeness (QED) is 0.600. The van der Waals surface area contributed by atoms with Crippen LogP contribution in [0.4, 0.5) is 5.69 Å². The number of hydrogen-bond acceptors (Lipinski definition) is 4. The fourth-order valence-electron chi connectivity index (χ4n) is 2.24. The second-order valence-corrected chi connectivity index (χ2v) is 6.11. The highest BCUT2D eigenvalue weighted by Crippen LogP contribution is 2.28. The number of aryl methyl sites for hydroxylation is 2. The van der Waals surface area contributed by atoms with Crippen molar-refractivity contribution < 1.29 is 14.3 Å². The third kappa shape index (κ3) is 4.73. The van der Waals surface area contributed by atoms with Crippen molar-refractivity contribution in [3.8, 4) is 5.75 Å². The molecule has 2 rings (SSSR count). The van der Waals surface area contributed by atoms with Gasteiger partial charge >= 0.3 is 5.97 Å². The molecule has 0 spiro atoms. The summed E-state index contributed by atoms with van der Waals surface area (Å²) in [4.78, 5) is 11.9. The molecule has 1 N–H and O–H groups in total. The topological polar surface area (TPSA) is 47.6 Å². The van der Waals surface area contributed by atoms with Crippen molar-refractivity contribution in [2.75, 3.05) is 25.6 Å². The van der Waals surface area contributed by atoms with E-state index in [1.54, 1.807) is 6.07 Å². The minimum absolute atomic E-state index is 0.364. The second-order valence-electron chi connectivity index (χ2n) is 5.25. The fraction of sp³-hybridized carbons (Fsp3) is 0.278. The molecule has 0 heterocycles. The number of carbonyl (C=O) groups is 1. The maximum atomic E-state index is 11.9. The Morgan fingerprint density at radius 3 is 2.65 bits per heavy atom. The number of methoxy groups -OCH3 is 1. The van der Waals surface area contributed by atoms with Gasteiger partial charge in [-0.05, 0) is 65.2 Å². The number of hydrogen-bond donors (Lipinski definition) is 1. The molecule has 122 valence electrons. The molecule has 5 heteroatoms. The van der Waals surface area contributed by atoms with Crippen LogP contribution in [0.15, 0.2) is 40.9 Å². The van der Waals surface area contributed by atoms with E-state index in [-0.39, 0.29) is 5.97 Å². The lowest BCUT2D eigenvalue weighted by Gasteiger charge is -2.14. The molecular formula is C18H20BrNO3. The monoisotopic (exact) mass is 377 g/mol. The Balaban J connectivity index is 2.01. The van der Waals surface area contributed by atoms with Crippen LogP contribution in [0, 0.1) is 13.8 Å². The third-order valence-corrected chi connectivity index (χ3v) is 3.93. The van der Waals surface area contributed by atoms with Gasteiger partial charge < -0.3 is 14.8 Å². The number of ether oxygens (including phenoxy) is 2. The van der Waals surface area contributed by atoms with Crippen LogP contribution in [0.3, 0.4) is 0 Å². The molecule has 0 aliphatic heterocycles. The first-order chi connectivity index (χ1) is 11.0. The Kier molecular flexibility index (Phi) is 6.04. The predicted octanol–water partition coefficient (Wildman–Crippen LogP) is 4.34. The van der Waals surface area contributed by atoms with Crippen LogP contribution in [-0.4, -0.2) is 26.2 Å². The highest BCUT2D eigenvalue weighted by atomic mass is 79.9. The molecule has 23 heavy (non-hydrogen) atoms. The van der Waals surface area contributed by atoms with E-state index in [9.17, 15) is 4.79 Å². The smallest absolute Gasteiger partial charge is 0.340 e. The summed E-state index contributed by atoms with van der Waals surface area (Å²) >= 11 is 3.49. The van der Waals surface area contributed by atoms with Crippen LogP contribution < -0.4 is 10.1 Å². The number of anilines is 1. The summed E-state index contributed by atoms with van der Waals surface area (Å²) in [5.74, 6) is 0.472. The average Bonchev–Trinajstić information content (AvgIpc) is 2.52. The number of carbonyl (C=O) groups excluding carboxylic acids is 1. The zero-order chi connectivity index (χ0) is 16.8. The molecule has 0 atom stereocenters. The molecule has 0 aromatic heterocycles. The lowest BCUT2D eigenvalue weighted by molar-refractivity contribution is 0.0601. The van der Waals surface area contributed by atoms with Crippen LogP contribution in [0.5, 0.6) is 5.75 Å². The number of nitrogens with one attached hydrogen (secondary N) is 1. The largest absolute Gasteiger partial charge is 0.492 e. The molecule has 4 nitrogen and oxygen atoms in total. The van der Waals surface area contributed by atoms with Crippen LogP contribution >= 0.6 is 15.9 Å². The molecule has 0 unspecified atom stereocenters. The zero-order valence-corrected chi connectivity index (χ0v) is 15.1. The molecule has 2 aromatic carbocycles. The first-order valence-electron chi connectivity index (χ1n) is 7.33. The van der Waals surface area contributed by atoms with Gasteiger partial charge in [-0.25, -0.2) is 4.79 Å². The van der Waals surface area contributed by atoms with Gasteiger partial charge in [0.1, 0.15) is 12.4 Å². The molecule has 0 saturated heterocycles. The van der Waals surface area contributed by atoms with Crippen molar-refractivity contribution in [2.24, 2.45) is 0 Å². The Bertz CT molecular complexity index is 701. The van der Waals surface area contributed by atoms with Crippen molar-refractivity contribution >= 4 is 27.6 Å². The molecule has 0 saturated carbocycles. The van der Waals surface area contributed by atoms with Gasteiger partial charge in [0.25, 0.3) is 0 Å². The van der Waals surface area contributed by atoms with E-state index in [1.807, 2.05) is 44.2 Å². The van der Waals surface area contributed by atoms with Gasteiger partial charge in [0.15, 0.2) is 0 Å². The minimum Gasteiger partial charge on any atom is -0.492 e. The summed E-state index contributed by atoms with van der Waals surface area (Å²) < 4.78 is 11.4. The van der Waals surface area contributed by atoms with Gasteiger partial charge in [-0.1, -0.05) is 12.1 Å². The van der Waals surface area contributed by atoms with E-state index in [4.69, 9.17) is 9.47 Å². The van der Waals surface area contributed by atoms with Crippen molar-refractivity contribution in [3.63, 3.8) is 0 Å². The SMILES string of the molecule is COC(=O)c1cc(C)cc(Br)c1NCCOc1cccc(C)c1. The first-order valence-corrected chi connectivity index (χ1v) is 8.12. The Morgan fingerprint density at radius 1 is 1.17 bits per heavy atom. The van der Waals surface area contributed by atoms with Gasteiger partial charge in [-0.2, -0.15) is 0 Å². The van der Waals surface area contributed by atoms with E-state index in [1.165, 1.54) is 7.11 Å². The molecule has 0 aliphatic rings. The second kappa shape index (κ2) is 8.02. The molecule has 0 amide bonds.